The molecule has 0 aliphatic heterocycles. The van der Waals surface area contributed by atoms with Crippen molar-refractivity contribution in [3.63, 3.8) is 0 Å². The Labute approximate surface area is 153 Å². The summed E-state index contributed by atoms with van der Waals surface area (Å²) < 4.78 is 5.77. The lowest BCUT2D eigenvalue weighted by molar-refractivity contribution is -0.148. The number of amides is 1. The first-order chi connectivity index (χ1) is 12.0. The number of hydrogen-bond acceptors (Lipinski definition) is 3. The number of halogens is 1. The average Bonchev–Trinajstić information content (AvgIpc) is 2.61. The van der Waals surface area contributed by atoms with E-state index in [-0.39, 0.29) is 12.5 Å². The van der Waals surface area contributed by atoms with E-state index < -0.39 is 17.8 Å². The Hall–Kier alpha value is -1.75. The van der Waals surface area contributed by atoms with Gasteiger partial charge < -0.3 is 15.2 Å². The summed E-state index contributed by atoms with van der Waals surface area (Å²) in [5.41, 5.74) is 0.805. The Morgan fingerprint density at radius 1 is 1.28 bits per heavy atom. The number of aliphatic carboxylic acids is 1. The second-order valence-electron chi connectivity index (χ2n) is 6.51. The molecule has 2 atom stereocenters. The van der Waals surface area contributed by atoms with Gasteiger partial charge in [-0.25, -0.2) is 0 Å². The number of hydrogen-bond donors (Lipinski definition) is 2. The van der Waals surface area contributed by atoms with E-state index in [1.54, 1.807) is 18.2 Å². The molecule has 5 nitrogen and oxygen atoms in total. The molecule has 1 saturated carbocycles. The van der Waals surface area contributed by atoms with E-state index in [0.29, 0.717) is 30.2 Å². The minimum absolute atomic E-state index is 0.202. The highest BCUT2D eigenvalue weighted by Gasteiger charge is 2.35. The van der Waals surface area contributed by atoms with Crippen molar-refractivity contribution in [3.05, 3.63) is 28.8 Å². The zero-order chi connectivity index (χ0) is 18.2. The zero-order valence-electron chi connectivity index (χ0n) is 14.6. The number of nitrogens with one attached hydrogen (secondary N) is 1. The molecule has 1 fully saturated rings. The van der Waals surface area contributed by atoms with Gasteiger partial charge in [-0.15, -0.1) is 0 Å². The van der Waals surface area contributed by atoms with E-state index in [1.807, 2.05) is 0 Å². The van der Waals surface area contributed by atoms with Crippen LogP contribution >= 0.6 is 11.6 Å². The molecule has 1 amide bonds. The number of unbranched alkanes of at least 4 members (excludes halogenated alkanes) is 1. The molecule has 2 unspecified atom stereocenters. The fourth-order valence-corrected chi connectivity index (χ4v) is 3.40. The van der Waals surface area contributed by atoms with Crippen LogP contribution in [0.1, 0.15) is 51.0 Å². The molecular weight excluding hydrogens is 342 g/mol. The third-order valence-electron chi connectivity index (χ3n) is 4.65. The first kappa shape index (κ1) is 19.6. The van der Waals surface area contributed by atoms with Crippen molar-refractivity contribution in [2.45, 2.75) is 52.0 Å². The molecule has 0 radical (unpaired) electrons. The van der Waals surface area contributed by atoms with Crippen molar-refractivity contribution in [3.8, 4) is 5.75 Å². The summed E-state index contributed by atoms with van der Waals surface area (Å²) in [7, 11) is 0. The van der Waals surface area contributed by atoms with Gasteiger partial charge in [0.15, 0.2) is 0 Å². The summed E-state index contributed by atoms with van der Waals surface area (Å²) in [5, 5.41) is 12.8. The zero-order valence-corrected chi connectivity index (χ0v) is 15.3. The molecule has 138 valence electrons. The van der Waals surface area contributed by atoms with Gasteiger partial charge in [0.25, 0.3) is 0 Å². The van der Waals surface area contributed by atoms with Crippen LogP contribution in [-0.2, 0) is 16.1 Å². The van der Waals surface area contributed by atoms with Gasteiger partial charge >= 0.3 is 5.97 Å². The molecule has 0 aromatic heterocycles. The highest BCUT2D eigenvalue weighted by Crippen LogP contribution is 2.31. The fourth-order valence-electron chi connectivity index (χ4n) is 3.21. The summed E-state index contributed by atoms with van der Waals surface area (Å²) in [5.74, 6) is -1.43. The second kappa shape index (κ2) is 9.66. The monoisotopic (exact) mass is 367 g/mol. The summed E-state index contributed by atoms with van der Waals surface area (Å²) in [6.45, 7) is 2.99. The third kappa shape index (κ3) is 5.63. The first-order valence-electron chi connectivity index (χ1n) is 8.94. The molecule has 2 rings (SSSR count). The van der Waals surface area contributed by atoms with Crippen LogP contribution in [0, 0.1) is 11.8 Å². The predicted molar refractivity (Wildman–Crippen MR) is 96.8 cm³/mol. The molecular formula is C19H26ClNO4. The minimum atomic E-state index is -0.883. The largest absolute Gasteiger partial charge is 0.493 e. The highest BCUT2D eigenvalue weighted by atomic mass is 35.5. The van der Waals surface area contributed by atoms with E-state index in [4.69, 9.17) is 16.3 Å². The lowest BCUT2D eigenvalue weighted by Crippen LogP contribution is -2.39. The van der Waals surface area contributed by atoms with Gasteiger partial charge in [0, 0.05) is 17.1 Å². The lowest BCUT2D eigenvalue weighted by atomic mass is 9.78. The van der Waals surface area contributed by atoms with Crippen molar-refractivity contribution < 1.29 is 19.4 Å². The molecule has 25 heavy (non-hydrogen) atoms. The molecule has 0 bridgehead atoms. The number of carboxylic acids is 1. The van der Waals surface area contributed by atoms with Gasteiger partial charge in [0.1, 0.15) is 5.75 Å². The van der Waals surface area contributed by atoms with Crippen LogP contribution in [-0.4, -0.2) is 23.6 Å². The SMILES string of the molecule is CCCCOc1ccc(Cl)cc1CNC(=O)C1CCCCC1C(=O)O. The third-order valence-corrected chi connectivity index (χ3v) is 4.89. The Kier molecular flexibility index (Phi) is 7.56. The Balaban J connectivity index is 2.00. The maximum absolute atomic E-state index is 12.5. The molecule has 1 aromatic carbocycles. The van der Waals surface area contributed by atoms with Gasteiger partial charge in [0.05, 0.1) is 18.4 Å². The second-order valence-corrected chi connectivity index (χ2v) is 6.94. The summed E-state index contributed by atoms with van der Waals surface area (Å²) in [4.78, 5) is 23.9. The predicted octanol–water partition coefficient (Wildman–Crippen LogP) is 4.03. The number of ether oxygens (including phenoxy) is 1. The van der Waals surface area contributed by atoms with Crippen LogP contribution in [0.25, 0.3) is 0 Å². The average molecular weight is 368 g/mol. The van der Waals surface area contributed by atoms with E-state index >= 15 is 0 Å². The quantitative estimate of drug-likeness (QED) is 0.680. The maximum atomic E-state index is 12.5. The molecule has 1 aromatic rings. The normalized spacial score (nSPS) is 20.1. The maximum Gasteiger partial charge on any atom is 0.307 e. The van der Waals surface area contributed by atoms with Crippen LogP contribution in [0.4, 0.5) is 0 Å². The van der Waals surface area contributed by atoms with Gasteiger partial charge in [-0.3, -0.25) is 9.59 Å². The number of rotatable bonds is 8. The van der Waals surface area contributed by atoms with Crippen LogP contribution < -0.4 is 10.1 Å². The van der Waals surface area contributed by atoms with E-state index in [9.17, 15) is 14.7 Å². The van der Waals surface area contributed by atoms with Crippen LogP contribution in [0.2, 0.25) is 5.02 Å². The van der Waals surface area contributed by atoms with E-state index in [1.165, 1.54) is 0 Å². The Morgan fingerprint density at radius 3 is 2.68 bits per heavy atom. The number of carbonyl (C=O) groups is 2. The number of benzene rings is 1. The van der Waals surface area contributed by atoms with Crippen molar-refractivity contribution in [2.75, 3.05) is 6.61 Å². The van der Waals surface area contributed by atoms with Gasteiger partial charge in [-0.2, -0.15) is 0 Å². The minimum Gasteiger partial charge on any atom is -0.493 e. The standard InChI is InChI=1S/C19H26ClNO4/c1-2-3-10-25-17-9-8-14(20)11-13(17)12-21-18(22)15-6-4-5-7-16(15)19(23)24/h8-9,11,15-16H,2-7,10,12H2,1H3,(H,21,22)(H,23,24). The van der Waals surface area contributed by atoms with Crippen LogP contribution in [0.3, 0.4) is 0 Å². The fraction of sp³-hybridized carbons (Fsp3) is 0.579. The summed E-state index contributed by atoms with van der Waals surface area (Å²) in [6, 6.07) is 5.34. The van der Waals surface area contributed by atoms with E-state index in [0.717, 1.165) is 31.2 Å². The Bertz CT molecular complexity index is 605. The molecule has 0 spiro atoms. The van der Waals surface area contributed by atoms with Crippen LogP contribution in [0.5, 0.6) is 5.75 Å². The van der Waals surface area contributed by atoms with Crippen molar-refractivity contribution >= 4 is 23.5 Å². The molecule has 6 heteroatoms. The van der Waals surface area contributed by atoms with Crippen LogP contribution in [0.15, 0.2) is 18.2 Å². The molecule has 0 heterocycles. The molecule has 1 aliphatic carbocycles. The van der Waals surface area contributed by atoms with Gasteiger partial charge in [0.2, 0.25) is 5.91 Å². The smallest absolute Gasteiger partial charge is 0.307 e. The van der Waals surface area contributed by atoms with Gasteiger partial charge in [-0.05, 0) is 37.5 Å². The summed E-state index contributed by atoms with van der Waals surface area (Å²) >= 11 is 6.06. The van der Waals surface area contributed by atoms with E-state index in [2.05, 4.69) is 12.2 Å². The lowest BCUT2D eigenvalue weighted by Gasteiger charge is -2.27. The van der Waals surface area contributed by atoms with Gasteiger partial charge in [-0.1, -0.05) is 37.8 Å². The Morgan fingerprint density at radius 2 is 2.00 bits per heavy atom. The summed E-state index contributed by atoms with van der Waals surface area (Å²) in [6.07, 6.45) is 4.94. The first-order valence-corrected chi connectivity index (χ1v) is 9.32. The topological polar surface area (TPSA) is 75.6 Å². The number of carbonyl (C=O) groups excluding carboxylic acids is 1. The molecule has 2 N–H and O–H groups in total. The van der Waals surface area contributed by atoms with Crippen molar-refractivity contribution in [1.82, 2.24) is 5.32 Å². The van der Waals surface area contributed by atoms with Crippen molar-refractivity contribution in [1.29, 1.82) is 0 Å². The number of carboxylic acid groups (broad SMARTS) is 1. The molecule has 1 aliphatic rings. The molecule has 0 saturated heterocycles. The highest BCUT2D eigenvalue weighted by molar-refractivity contribution is 6.30. The van der Waals surface area contributed by atoms with Crippen molar-refractivity contribution in [2.24, 2.45) is 11.8 Å².